The first-order valence-electron chi connectivity index (χ1n) is 9.90. The van der Waals surface area contributed by atoms with Crippen molar-refractivity contribution in [2.24, 2.45) is 11.8 Å². The van der Waals surface area contributed by atoms with E-state index in [1.807, 2.05) is 0 Å². The maximum Gasteiger partial charge on any atom is 0.161 e. The van der Waals surface area contributed by atoms with Crippen LogP contribution in [-0.4, -0.2) is 54.6 Å². The molecule has 0 bridgehead atoms. The first kappa shape index (κ1) is 19.5. The molecule has 2 aliphatic heterocycles. The molecule has 1 fully saturated rings. The van der Waals surface area contributed by atoms with Crippen LogP contribution < -0.4 is 9.47 Å². The van der Waals surface area contributed by atoms with Crippen molar-refractivity contribution in [2.75, 3.05) is 33.4 Å². The minimum absolute atomic E-state index is 0.125. The molecule has 0 spiro atoms. The van der Waals surface area contributed by atoms with Gasteiger partial charge in [0.05, 0.1) is 19.8 Å². The molecule has 1 aromatic rings. The number of aliphatic hydroxyl groups is 2. The van der Waals surface area contributed by atoms with Crippen molar-refractivity contribution in [1.29, 1.82) is 0 Å². The van der Waals surface area contributed by atoms with Crippen LogP contribution in [0.25, 0.3) is 0 Å². The normalized spacial score (nSPS) is 25.7. The van der Waals surface area contributed by atoms with Gasteiger partial charge in [-0.3, -0.25) is 4.90 Å². The van der Waals surface area contributed by atoms with Crippen LogP contribution in [0, 0.1) is 11.8 Å². The highest BCUT2D eigenvalue weighted by molar-refractivity contribution is 5.49. The van der Waals surface area contributed by atoms with Gasteiger partial charge in [-0.1, -0.05) is 13.8 Å². The molecule has 0 radical (unpaired) electrons. The highest BCUT2D eigenvalue weighted by Crippen LogP contribution is 2.43. The van der Waals surface area contributed by atoms with Crippen LogP contribution in [0.2, 0.25) is 0 Å². The Bertz CT molecular complexity index is 604. The quantitative estimate of drug-likeness (QED) is 0.730. The Morgan fingerprint density at radius 2 is 2.08 bits per heavy atom. The van der Waals surface area contributed by atoms with Gasteiger partial charge in [-0.25, -0.2) is 0 Å². The zero-order valence-corrected chi connectivity index (χ0v) is 16.3. The van der Waals surface area contributed by atoms with Gasteiger partial charge in [0.1, 0.15) is 0 Å². The fraction of sp³-hybridized carbons (Fsp3) is 0.714. The first-order valence-corrected chi connectivity index (χ1v) is 9.90. The van der Waals surface area contributed by atoms with E-state index >= 15 is 0 Å². The van der Waals surface area contributed by atoms with Gasteiger partial charge in [0, 0.05) is 32.2 Å². The molecule has 2 aliphatic rings. The summed E-state index contributed by atoms with van der Waals surface area (Å²) in [5.74, 6) is 2.47. The van der Waals surface area contributed by atoms with Crippen LogP contribution in [0.1, 0.15) is 50.3 Å². The molecule has 1 unspecified atom stereocenters. The summed E-state index contributed by atoms with van der Waals surface area (Å²) in [6.45, 7) is 7.07. The zero-order valence-electron chi connectivity index (χ0n) is 16.3. The Balaban J connectivity index is 1.80. The lowest BCUT2D eigenvalue weighted by atomic mass is 9.79. The Kier molecular flexibility index (Phi) is 6.43. The van der Waals surface area contributed by atoms with Crippen molar-refractivity contribution < 1.29 is 19.7 Å². The molecule has 5 heteroatoms. The van der Waals surface area contributed by atoms with E-state index in [0.717, 1.165) is 43.9 Å². The largest absolute Gasteiger partial charge is 0.493 e. The molecule has 3 atom stereocenters. The van der Waals surface area contributed by atoms with Crippen LogP contribution in [0.5, 0.6) is 11.5 Å². The minimum atomic E-state index is -0.240. The fourth-order valence-corrected chi connectivity index (χ4v) is 4.46. The van der Waals surface area contributed by atoms with E-state index in [-0.39, 0.29) is 18.8 Å². The van der Waals surface area contributed by atoms with Crippen LogP contribution >= 0.6 is 0 Å². The van der Waals surface area contributed by atoms with Gasteiger partial charge >= 0.3 is 0 Å². The summed E-state index contributed by atoms with van der Waals surface area (Å²) in [7, 11) is 1.66. The van der Waals surface area contributed by atoms with Crippen molar-refractivity contribution >= 4 is 0 Å². The summed E-state index contributed by atoms with van der Waals surface area (Å²) >= 11 is 0. The number of benzene rings is 1. The monoisotopic (exact) mass is 363 g/mol. The molecule has 0 amide bonds. The third-order valence-corrected chi connectivity index (χ3v) is 5.71. The second kappa shape index (κ2) is 8.59. The SMILES string of the molecule is COc1cc2c(cc1OCCCO)CCN1C[C@@H](CC(C)C)[C@H](O)CC21. The summed E-state index contributed by atoms with van der Waals surface area (Å²) in [5, 5.41) is 19.7. The minimum Gasteiger partial charge on any atom is -0.493 e. The molecule has 5 nitrogen and oxygen atoms in total. The number of nitrogens with zero attached hydrogens (tertiary/aromatic N) is 1. The summed E-state index contributed by atoms with van der Waals surface area (Å²) in [6.07, 6.45) is 3.24. The first-order chi connectivity index (χ1) is 12.5. The lowest BCUT2D eigenvalue weighted by Crippen LogP contribution is -2.48. The topological polar surface area (TPSA) is 62.2 Å². The predicted octanol–water partition coefficient (Wildman–Crippen LogP) is 2.78. The van der Waals surface area contributed by atoms with E-state index in [9.17, 15) is 5.11 Å². The van der Waals surface area contributed by atoms with E-state index in [0.29, 0.717) is 24.9 Å². The average molecular weight is 363 g/mol. The fourth-order valence-electron chi connectivity index (χ4n) is 4.46. The van der Waals surface area contributed by atoms with Crippen LogP contribution in [0.15, 0.2) is 12.1 Å². The predicted molar refractivity (Wildman–Crippen MR) is 102 cm³/mol. The highest BCUT2D eigenvalue weighted by atomic mass is 16.5. The average Bonchev–Trinajstić information content (AvgIpc) is 2.61. The van der Waals surface area contributed by atoms with E-state index in [1.165, 1.54) is 11.1 Å². The Morgan fingerprint density at radius 3 is 2.77 bits per heavy atom. The van der Waals surface area contributed by atoms with E-state index in [4.69, 9.17) is 14.6 Å². The van der Waals surface area contributed by atoms with Crippen LogP contribution in [0.4, 0.5) is 0 Å². The van der Waals surface area contributed by atoms with Gasteiger partial charge < -0.3 is 19.7 Å². The molecule has 26 heavy (non-hydrogen) atoms. The Hall–Kier alpha value is -1.30. The van der Waals surface area contributed by atoms with Gasteiger partial charge in [-0.2, -0.15) is 0 Å². The second-order valence-corrected chi connectivity index (χ2v) is 8.08. The summed E-state index contributed by atoms with van der Waals surface area (Å²) in [6, 6.07) is 4.45. The summed E-state index contributed by atoms with van der Waals surface area (Å²) in [4.78, 5) is 2.54. The third kappa shape index (κ3) is 4.16. The maximum absolute atomic E-state index is 10.7. The van der Waals surface area contributed by atoms with Crippen molar-refractivity contribution in [3.05, 3.63) is 23.3 Å². The van der Waals surface area contributed by atoms with Gasteiger partial charge in [-0.15, -0.1) is 0 Å². The number of fused-ring (bicyclic) bond motifs is 3. The van der Waals surface area contributed by atoms with E-state index in [1.54, 1.807) is 7.11 Å². The van der Waals surface area contributed by atoms with Gasteiger partial charge in [0.25, 0.3) is 0 Å². The number of ether oxygens (including phenoxy) is 2. The standard InChI is InChI=1S/C21H33NO4/c1-14(2)9-16-13-22-6-5-15-10-21(26-8-4-7-23)20(25-3)11-17(15)18(22)12-19(16)24/h10-11,14,16,18-19,23-24H,4-9,12-13H2,1-3H3/t16-,18?,19-/m1/s1. The lowest BCUT2D eigenvalue weighted by Gasteiger charge is -2.46. The van der Waals surface area contributed by atoms with E-state index < -0.39 is 0 Å². The van der Waals surface area contributed by atoms with Crippen molar-refractivity contribution in [3.8, 4) is 11.5 Å². The molecule has 0 aromatic heterocycles. The molecule has 2 heterocycles. The number of hydrogen-bond acceptors (Lipinski definition) is 5. The second-order valence-electron chi connectivity index (χ2n) is 8.08. The van der Waals surface area contributed by atoms with Crippen molar-refractivity contribution in [3.63, 3.8) is 0 Å². The molecule has 2 N–H and O–H groups in total. The summed E-state index contributed by atoms with van der Waals surface area (Å²) in [5.41, 5.74) is 2.56. The Morgan fingerprint density at radius 1 is 1.27 bits per heavy atom. The van der Waals surface area contributed by atoms with Gasteiger partial charge in [0.2, 0.25) is 0 Å². The third-order valence-electron chi connectivity index (χ3n) is 5.71. The van der Waals surface area contributed by atoms with Gasteiger partial charge in [0.15, 0.2) is 11.5 Å². The van der Waals surface area contributed by atoms with Crippen molar-refractivity contribution in [1.82, 2.24) is 4.90 Å². The van der Waals surface area contributed by atoms with Crippen LogP contribution in [-0.2, 0) is 6.42 Å². The van der Waals surface area contributed by atoms with Crippen molar-refractivity contribution in [2.45, 2.75) is 51.7 Å². The molecule has 146 valence electrons. The smallest absolute Gasteiger partial charge is 0.161 e. The molecule has 0 saturated carbocycles. The van der Waals surface area contributed by atoms with E-state index in [2.05, 4.69) is 30.9 Å². The molecular formula is C21H33NO4. The number of piperidine rings is 1. The Labute approximate surface area is 156 Å². The molecule has 3 rings (SSSR count). The summed E-state index contributed by atoms with van der Waals surface area (Å²) < 4.78 is 11.4. The van der Waals surface area contributed by atoms with Gasteiger partial charge in [-0.05, 0) is 54.4 Å². The van der Waals surface area contributed by atoms with Crippen LogP contribution in [0.3, 0.4) is 0 Å². The maximum atomic E-state index is 10.7. The lowest BCUT2D eigenvalue weighted by molar-refractivity contribution is -0.0191. The molecule has 1 aromatic carbocycles. The number of hydrogen-bond donors (Lipinski definition) is 2. The molecular weight excluding hydrogens is 330 g/mol. The number of methoxy groups -OCH3 is 1. The molecule has 1 saturated heterocycles. The molecule has 0 aliphatic carbocycles. The highest BCUT2D eigenvalue weighted by Gasteiger charge is 2.38. The zero-order chi connectivity index (χ0) is 18.7. The number of aliphatic hydroxyl groups excluding tert-OH is 2. The number of rotatable bonds is 7.